The van der Waals surface area contributed by atoms with Crippen LogP contribution in [0.2, 0.25) is 0 Å². The van der Waals surface area contributed by atoms with Crippen LogP contribution in [0.1, 0.15) is 22.3 Å². The third-order valence-electron chi connectivity index (χ3n) is 4.17. The first-order chi connectivity index (χ1) is 10.3. The van der Waals surface area contributed by atoms with Crippen molar-refractivity contribution in [3.63, 3.8) is 0 Å². The van der Waals surface area contributed by atoms with Crippen molar-refractivity contribution in [3.05, 3.63) is 52.6 Å². The SMILES string of the molecule is COc1cc2c(c(OC)c1OC)Cc1ccccc1CC2. The number of ether oxygens (including phenoxy) is 3. The highest BCUT2D eigenvalue weighted by molar-refractivity contribution is 5.61. The maximum atomic E-state index is 5.64. The zero-order valence-electron chi connectivity index (χ0n) is 12.7. The summed E-state index contributed by atoms with van der Waals surface area (Å²) in [6.45, 7) is 0. The fourth-order valence-corrected chi connectivity index (χ4v) is 3.12. The molecule has 3 nitrogen and oxygen atoms in total. The Labute approximate surface area is 125 Å². The molecule has 110 valence electrons. The lowest BCUT2D eigenvalue weighted by Crippen LogP contribution is -2.03. The van der Waals surface area contributed by atoms with Crippen LogP contribution >= 0.6 is 0 Å². The molecule has 0 aliphatic heterocycles. The van der Waals surface area contributed by atoms with Gasteiger partial charge in [0.05, 0.1) is 21.3 Å². The molecule has 0 fully saturated rings. The summed E-state index contributed by atoms with van der Waals surface area (Å²) in [6.07, 6.45) is 2.90. The highest BCUT2D eigenvalue weighted by Crippen LogP contribution is 2.44. The van der Waals surface area contributed by atoms with Crippen molar-refractivity contribution in [1.82, 2.24) is 0 Å². The van der Waals surface area contributed by atoms with Crippen LogP contribution in [0.25, 0.3) is 0 Å². The molecule has 0 bridgehead atoms. The Balaban J connectivity index is 2.18. The van der Waals surface area contributed by atoms with E-state index in [9.17, 15) is 0 Å². The zero-order chi connectivity index (χ0) is 14.8. The van der Waals surface area contributed by atoms with E-state index in [0.717, 1.165) is 30.8 Å². The molecule has 0 amide bonds. The van der Waals surface area contributed by atoms with Crippen molar-refractivity contribution >= 4 is 0 Å². The molecule has 3 heteroatoms. The first-order valence-corrected chi connectivity index (χ1v) is 7.16. The average molecular weight is 284 g/mol. The third-order valence-corrected chi connectivity index (χ3v) is 4.17. The number of hydrogen-bond donors (Lipinski definition) is 0. The van der Waals surface area contributed by atoms with Crippen molar-refractivity contribution in [2.24, 2.45) is 0 Å². The van der Waals surface area contributed by atoms with Gasteiger partial charge in [-0.05, 0) is 35.6 Å². The van der Waals surface area contributed by atoms with Gasteiger partial charge < -0.3 is 14.2 Å². The number of hydrogen-bond acceptors (Lipinski definition) is 3. The van der Waals surface area contributed by atoms with E-state index in [-0.39, 0.29) is 0 Å². The smallest absolute Gasteiger partial charge is 0.203 e. The molecule has 2 aromatic carbocycles. The molecule has 0 spiro atoms. The van der Waals surface area contributed by atoms with Crippen molar-refractivity contribution < 1.29 is 14.2 Å². The second-order valence-electron chi connectivity index (χ2n) is 5.23. The van der Waals surface area contributed by atoms with Gasteiger partial charge in [0, 0.05) is 12.0 Å². The zero-order valence-corrected chi connectivity index (χ0v) is 12.7. The lowest BCUT2D eigenvalue weighted by atomic mass is 9.98. The van der Waals surface area contributed by atoms with Crippen LogP contribution < -0.4 is 14.2 Å². The highest BCUT2D eigenvalue weighted by atomic mass is 16.5. The molecule has 21 heavy (non-hydrogen) atoms. The summed E-state index contributed by atoms with van der Waals surface area (Å²) in [7, 11) is 5.00. The third kappa shape index (κ3) is 2.33. The molecule has 1 aliphatic rings. The maximum Gasteiger partial charge on any atom is 0.203 e. The van der Waals surface area contributed by atoms with Crippen LogP contribution in [0.3, 0.4) is 0 Å². The molecule has 2 aromatic rings. The monoisotopic (exact) mass is 284 g/mol. The minimum atomic E-state index is 0.679. The lowest BCUT2D eigenvalue weighted by Gasteiger charge is -2.18. The Morgan fingerprint density at radius 1 is 0.762 bits per heavy atom. The van der Waals surface area contributed by atoms with Crippen LogP contribution in [0.15, 0.2) is 30.3 Å². The minimum Gasteiger partial charge on any atom is -0.493 e. The summed E-state index contributed by atoms with van der Waals surface area (Å²) in [6, 6.07) is 10.7. The summed E-state index contributed by atoms with van der Waals surface area (Å²) >= 11 is 0. The highest BCUT2D eigenvalue weighted by Gasteiger charge is 2.23. The Morgan fingerprint density at radius 2 is 1.43 bits per heavy atom. The standard InChI is InChI=1S/C18H20O3/c1-19-16-11-14-9-8-12-6-4-5-7-13(12)10-15(14)17(20-2)18(16)21-3/h4-7,11H,8-10H2,1-3H3. The van der Waals surface area contributed by atoms with E-state index in [0.29, 0.717) is 5.75 Å². The lowest BCUT2D eigenvalue weighted by molar-refractivity contribution is 0.322. The molecule has 0 N–H and O–H groups in total. The van der Waals surface area contributed by atoms with E-state index in [1.54, 1.807) is 21.3 Å². The van der Waals surface area contributed by atoms with Crippen LogP contribution in [-0.4, -0.2) is 21.3 Å². The van der Waals surface area contributed by atoms with Gasteiger partial charge in [-0.3, -0.25) is 0 Å². The van der Waals surface area contributed by atoms with Gasteiger partial charge in [-0.2, -0.15) is 0 Å². The first-order valence-electron chi connectivity index (χ1n) is 7.16. The number of benzene rings is 2. The largest absolute Gasteiger partial charge is 0.493 e. The maximum absolute atomic E-state index is 5.64. The minimum absolute atomic E-state index is 0.679. The van der Waals surface area contributed by atoms with Gasteiger partial charge >= 0.3 is 0 Å². The van der Waals surface area contributed by atoms with Gasteiger partial charge in [0.15, 0.2) is 11.5 Å². The number of rotatable bonds is 3. The topological polar surface area (TPSA) is 27.7 Å². The molecule has 0 unspecified atom stereocenters. The van der Waals surface area contributed by atoms with Crippen molar-refractivity contribution in [1.29, 1.82) is 0 Å². The molecule has 0 saturated carbocycles. The van der Waals surface area contributed by atoms with E-state index in [1.165, 1.54) is 22.3 Å². The molecule has 3 rings (SSSR count). The Kier molecular flexibility index (Phi) is 3.74. The van der Waals surface area contributed by atoms with Crippen LogP contribution in [0.5, 0.6) is 17.2 Å². The Bertz CT molecular complexity index is 662. The quantitative estimate of drug-likeness (QED) is 0.864. The molecule has 0 radical (unpaired) electrons. The molecule has 0 aromatic heterocycles. The van der Waals surface area contributed by atoms with E-state index in [4.69, 9.17) is 14.2 Å². The molecule has 0 saturated heterocycles. The van der Waals surface area contributed by atoms with Crippen LogP contribution in [0.4, 0.5) is 0 Å². The van der Waals surface area contributed by atoms with E-state index >= 15 is 0 Å². The van der Waals surface area contributed by atoms with Gasteiger partial charge in [0.25, 0.3) is 0 Å². The van der Waals surface area contributed by atoms with E-state index in [2.05, 4.69) is 30.3 Å². The van der Waals surface area contributed by atoms with E-state index < -0.39 is 0 Å². The Hall–Kier alpha value is -2.16. The second-order valence-corrected chi connectivity index (χ2v) is 5.23. The van der Waals surface area contributed by atoms with Gasteiger partial charge in [-0.15, -0.1) is 0 Å². The van der Waals surface area contributed by atoms with Crippen LogP contribution in [-0.2, 0) is 19.3 Å². The van der Waals surface area contributed by atoms with Gasteiger partial charge in [0.1, 0.15) is 0 Å². The molecule has 1 aliphatic carbocycles. The molecule has 0 atom stereocenters. The second kappa shape index (κ2) is 5.68. The molecular formula is C18H20O3. The van der Waals surface area contributed by atoms with Crippen molar-refractivity contribution in [2.45, 2.75) is 19.3 Å². The van der Waals surface area contributed by atoms with Crippen molar-refractivity contribution in [3.8, 4) is 17.2 Å². The predicted octanol–water partition coefficient (Wildman–Crippen LogP) is 3.40. The number of aryl methyl sites for hydroxylation is 2. The normalized spacial score (nSPS) is 12.9. The fraction of sp³-hybridized carbons (Fsp3) is 0.333. The van der Waals surface area contributed by atoms with Crippen molar-refractivity contribution in [2.75, 3.05) is 21.3 Å². The summed E-state index contributed by atoms with van der Waals surface area (Å²) in [4.78, 5) is 0. The fourth-order valence-electron chi connectivity index (χ4n) is 3.12. The number of methoxy groups -OCH3 is 3. The summed E-state index contributed by atoms with van der Waals surface area (Å²) in [5.74, 6) is 2.21. The predicted molar refractivity (Wildman–Crippen MR) is 82.8 cm³/mol. The average Bonchev–Trinajstić information content (AvgIpc) is 2.71. The molecular weight excluding hydrogens is 264 g/mol. The van der Waals surface area contributed by atoms with Gasteiger partial charge in [0.2, 0.25) is 5.75 Å². The summed E-state index contributed by atoms with van der Waals surface area (Å²) < 4.78 is 16.6. The number of fused-ring (bicyclic) bond motifs is 2. The Morgan fingerprint density at radius 3 is 2.10 bits per heavy atom. The summed E-state index contributed by atoms with van der Waals surface area (Å²) in [5, 5.41) is 0. The first kappa shape index (κ1) is 13.8. The van der Waals surface area contributed by atoms with Gasteiger partial charge in [-0.1, -0.05) is 24.3 Å². The van der Waals surface area contributed by atoms with Gasteiger partial charge in [-0.25, -0.2) is 0 Å². The molecule has 0 heterocycles. The van der Waals surface area contributed by atoms with E-state index in [1.807, 2.05) is 0 Å². The summed E-state index contributed by atoms with van der Waals surface area (Å²) in [5.41, 5.74) is 5.26. The van der Waals surface area contributed by atoms with Crippen LogP contribution in [0, 0.1) is 0 Å².